The Labute approximate surface area is 151 Å². The van der Waals surface area contributed by atoms with Crippen molar-refractivity contribution in [1.29, 1.82) is 0 Å². The Morgan fingerprint density at radius 1 is 1.08 bits per heavy atom. The van der Waals surface area contributed by atoms with Gasteiger partial charge in [-0.15, -0.1) is 0 Å². The zero-order chi connectivity index (χ0) is 18.4. The van der Waals surface area contributed by atoms with E-state index in [-0.39, 0.29) is 23.4 Å². The van der Waals surface area contributed by atoms with Crippen LogP contribution < -0.4 is 14.8 Å². The molecule has 1 aromatic carbocycles. The van der Waals surface area contributed by atoms with Crippen LogP contribution in [-0.4, -0.2) is 28.0 Å². The van der Waals surface area contributed by atoms with Gasteiger partial charge >= 0.3 is 11.6 Å². The van der Waals surface area contributed by atoms with Crippen molar-refractivity contribution in [2.45, 2.75) is 44.6 Å². The number of hydrogen-bond donors (Lipinski definition) is 1. The Morgan fingerprint density at radius 2 is 1.73 bits per heavy atom. The predicted molar refractivity (Wildman–Crippen MR) is 96.9 cm³/mol. The first-order chi connectivity index (χ1) is 12.7. The maximum atomic E-state index is 11.6. The van der Waals surface area contributed by atoms with Crippen molar-refractivity contribution in [2.75, 3.05) is 12.4 Å². The molecule has 138 valence electrons. The third kappa shape index (κ3) is 4.38. The van der Waals surface area contributed by atoms with Crippen LogP contribution in [-0.2, 0) is 0 Å². The summed E-state index contributed by atoms with van der Waals surface area (Å²) in [5, 5.41) is 14.9. The summed E-state index contributed by atoms with van der Waals surface area (Å²) >= 11 is 0. The van der Waals surface area contributed by atoms with Crippen LogP contribution >= 0.6 is 0 Å². The highest BCUT2D eigenvalue weighted by Crippen LogP contribution is 2.35. The van der Waals surface area contributed by atoms with E-state index in [0.29, 0.717) is 11.5 Å². The highest BCUT2D eigenvalue weighted by molar-refractivity contribution is 5.62. The third-order valence-corrected chi connectivity index (χ3v) is 4.44. The Balaban J connectivity index is 1.83. The molecule has 8 heteroatoms. The number of ether oxygens (including phenoxy) is 2. The molecule has 3 rings (SSSR count). The molecule has 1 saturated carbocycles. The first kappa shape index (κ1) is 17.9. The summed E-state index contributed by atoms with van der Waals surface area (Å²) in [5.41, 5.74) is -0.243. The lowest BCUT2D eigenvalue weighted by molar-refractivity contribution is -0.385. The second kappa shape index (κ2) is 8.46. The first-order valence-corrected chi connectivity index (χ1v) is 8.75. The molecule has 0 spiro atoms. The number of nitrogens with zero attached hydrogens (tertiary/aromatic N) is 3. The van der Waals surface area contributed by atoms with Crippen molar-refractivity contribution in [2.24, 2.45) is 0 Å². The third-order valence-electron chi connectivity index (χ3n) is 4.44. The van der Waals surface area contributed by atoms with Crippen molar-refractivity contribution < 1.29 is 14.4 Å². The average Bonchev–Trinajstić information content (AvgIpc) is 2.91. The minimum absolute atomic E-state index is 0.0775. The summed E-state index contributed by atoms with van der Waals surface area (Å²) in [6, 6.07) is 6.95. The van der Waals surface area contributed by atoms with E-state index in [9.17, 15) is 10.1 Å². The van der Waals surface area contributed by atoms with Crippen molar-refractivity contribution in [3.05, 3.63) is 40.7 Å². The number of nitro groups is 1. The van der Waals surface area contributed by atoms with Crippen LogP contribution in [0.25, 0.3) is 0 Å². The van der Waals surface area contributed by atoms with Crippen molar-refractivity contribution >= 4 is 11.5 Å². The molecule has 0 radical (unpaired) electrons. The van der Waals surface area contributed by atoms with E-state index >= 15 is 0 Å². The van der Waals surface area contributed by atoms with Gasteiger partial charge in [-0.05, 0) is 37.1 Å². The lowest BCUT2D eigenvalue weighted by Crippen LogP contribution is -2.20. The summed E-state index contributed by atoms with van der Waals surface area (Å²) in [7, 11) is 1.57. The summed E-state index contributed by atoms with van der Waals surface area (Å²) in [6.07, 6.45) is 7.89. The van der Waals surface area contributed by atoms with Crippen LogP contribution in [0.4, 0.5) is 11.5 Å². The van der Waals surface area contributed by atoms with Crippen molar-refractivity contribution in [1.82, 2.24) is 9.97 Å². The fourth-order valence-corrected chi connectivity index (χ4v) is 3.08. The Kier molecular flexibility index (Phi) is 5.83. The number of nitrogens with one attached hydrogen (secondary N) is 1. The Morgan fingerprint density at radius 3 is 2.35 bits per heavy atom. The van der Waals surface area contributed by atoms with Crippen LogP contribution in [0.3, 0.4) is 0 Å². The van der Waals surface area contributed by atoms with Gasteiger partial charge in [0, 0.05) is 6.04 Å². The standard InChI is InChI=1S/C18H22N4O4/c1-25-14-8-10-15(11-9-14)26-18-16(22(23)24)17(19-12-20-18)21-13-6-4-2-3-5-7-13/h8-13H,2-7H2,1H3,(H,19,20,21). The van der Waals surface area contributed by atoms with E-state index in [1.54, 1.807) is 31.4 Å². The van der Waals surface area contributed by atoms with E-state index in [1.165, 1.54) is 19.2 Å². The molecule has 1 aliphatic carbocycles. The molecule has 1 fully saturated rings. The van der Waals surface area contributed by atoms with Crippen LogP contribution in [0.5, 0.6) is 17.4 Å². The fourth-order valence-electron chi connectivity index (χ4n) is 3.08. The number of hydrogen-bond acceptors (Lipinski definition) is 7. The molecule has 0 saturated heterocycles. The van der Waals surface area contributed by atoms with E-state index in [0.717, 1.165) is 25.7 Å². The molecule has 1 N–H and O–H groups in total. The van der Waals surface area contributed by atoms with Gasteiger partial charge in [0.1, 0.15) is 17.8 Å². The Hall–Kier alpha value is -2.90. The lowest BCUT2D eigenvalue weighted by Gasteiger charge is -2.17. The molecule has 0 atom stereocenters. The van der Waals surface area contributed by atoms with E-state index in [1.807, 2.05) is 0 Å². The lowest BCUT2D eigenvalue weighted by atomic mass is 10.1. The highest BCUT2D eigenvalue weighted by Gasteiger charge is 2.27. The molecule has 8 nitrogen and oxygen atoms in total. The largest absolute Gasteiger partial charge is 0.497 e. The minimum atomic E-state index is -0.502. The van der Waals surface area contributed by atoms with Crippen LogP contribution in [0.1, 0.15) is 38.5 Å². The predicted octanol–water partition coefficient (Wildman–Crippen LogP) is 4.32. The molecule has 1 aliphatic rings. The number of anilines is 1. The smallest absolute Gasteiger partial charge is 0.373 e. The van der Waals surface area contributed by atoms with Gasteiger partial charge in [0.2, 0.25) is 5.82 Å². The van der Waals surface area contributed by atoms with Crippen molar-refractivity contribution in [3.63, 3.8) is 0 Å². The van der Waals surface area contributed by atoms with Crippen LogP contribution in [0.15, 0.2) is 30.6 Å². The Bertz CT molecular complexity index is 743. The summed E-state index contributed by atoms with van der Waals surface area (Å²) in [5.74, 6) is 1.24. The molecular weight excluding hydrogens is 336 g/mol. The van der Waals surface area contributed by atoms with E-state index in [4.69, 9.17) is 9.47 Å². The zero-order valence-corrected chi connectivity index (χ0v) is 14.7. The molecule has 0 aliphatic heterocycles. The van der Waals surface area contributed by atoms with Crippen LogP contribution in [0.2, 0.25) is 0 Å². The number of rotatable bonds is 6. The highest BCUT2D eigenvalue weighted by atomic mass is 16.6. The van der Waals surface area contributed by atoms with Crippen molar-refractivity contribution in [3.8, 4) is 17.4 Å². The quantitative estimate of drug-likeness (QED) is 0.466. The maximum Gasteiger partial charge on any atom is 0.373 e. The number of methoxy groups -OCH3 is 1. The summed E-state index contributed by atoms with van der Waals surface area (Å²) < 4.78 is 10.7. The molecule has 0 bridgehead atoms. The SMILES string of the molecule is COc1ccc(Oc2ncnc(NC3CCCCCC3)c2[N+](=O)[O-])cc1. The van der Waals surface area contributed by atoms with Gasteiger partial charge in [-0.1, -0.05) is 25.7 Å². The van der Waals surface area contributed by atoms with Gasteiger partial charge in [-0.25, -0.2) is 4.98 Å². The summed E-state index contributed by atoms with van der Waals surface area (Å²) in [6.45, 7) is 0. The normalized spacial score (nSPS) is 15.1. The topological polar surface area (TPSA) is 99.4 Å². The van der Waals surface area contributed by atoms with E-state index < -0.39 is 4.92 Å². The molecule has 0 unspecified atom stereocenters. The first-order valence-electron chi connectivity index (χ1n) is 8.75. The average molecular weight is 358 g/mol. The summed E-state index contributed by atoms with van der Waals surface area (Å²) in [4.78, 5) is 19.2. The monoisotopic (exact) mass is 358 g/mol. The van der Waals surface area contributed by atoms with Gasteiger partial charge in [-0.2, -0.15) is 4.98 Å². The molecule has 26 heavy (non-hydrogen) atoms. The van der Waals surface area contributed by atoms with E-state index in [2.05, 4.69) is 15.3 Å². The second-order valence-corrected chi connectivity index (χ2v) is 6.24. The molecule has 2 aromatic rings. The van der Waals surface area contributed by atoms with Gasteiger partial charge in [0.15, 0.2) is 0 Å². The molecular formula is C18H22N4O4. The van der Waals surface area contributed by atoms with Gasteiger partial charge in [-0.3, -0.25) is 10.1 Å². The molecule has 0 amide bonds. The number of benzene rings is 1. The fraction of sp³-hybridized carbons (Fsp3) is 0.444. The van der Waals surface area contributed by atoms with Gasteiger partial charge in [0.25, 0.3) is 0 Å². The van der Waals surface area contributed by atoms with Gasteiger partial charge in [0.05, 0.1) is 12.0 Å². The molecule has 1 aromatic heterocycles. The van der Waals surface area contributed by atoms with Gasteiger partial charge < -0.3 is 14.8 Å². The molecule has 1 heterocycles. The number of aromatic nitrogens is 2. The maximum absolute atomic E-state index is 11.6. The minimum Gasteiger partial charge on any atom is -0.497 e. The van der Waals surface area contributed by atoms with Crippen LogP contribution in [0, 0.1) is 10.1 Å². The zero-order valence-electron chi connectivity index (χ0n) is 14.7. The second-order valence-electron chi connectivity index (χ2n) is 6.24.